The number of carbonyl (C=O) groups is 6. The number of aliphatic carboxylic acids is 1. The van der Waals surface area contributed by atoms with Crippen LogP contribution in [0, 0.1) is 46.5 Å². The quantitative estimate of drug-likeness (QED) is 0.0131. The monoisotopic (exact) mass is 2010 g/mol. The fourth-order valence-electron chi connectivity index (χ4n) is 14.3. The van der Waals surface area contributed by atoms with E-state index in [9.17, 15) is 134 Å². The summed E-state index contributed by atoms with van der Waals surface area (Å²) in [6.07, 6.45) is -24.5. The Morgan fingerprint density at radius 2 is 0.724 bits per heavy atom. The molecule has 0 saturated carbocycles. The van der Waals surface area contributed by atoms with Crippen molar-refractivity contribution < 1.29 is 155 Å². The molecule has 63 heteroatoms. The topological polar surface area (TPSA) is 802 Å². The van der Waals surface area contributed by atoms with Crippen LogP contribution in [0.3, 0.4) is 0 Å². The van der Waals surface area contributed by atoms with Crippen LogP contribution in [0.4, 0.5) is 0 Å². The van der Waals surface area contributed by atoms with E-state index in [0.717, 1.165) is 60.7 Å². The Balaban J connectivity index is 0.855. The van der Waals surface area contributed by atoms with Crippen LogP contribution in [0.25, 0.3) is 0 Å². The van der Waals surface area contributed by atoms with E-state index in [2.05, 4.69) is 31.3 Å². The third-order valence-electron chi connectivity index (χ3n) is 21.2. The predicted molar refractivity (Wildman–Crippen MR) is 447 cm³/mol. The molecule has 24 atom stereocenters. The van der Waals surface area contributed by atoms with Crippen molar-refractivity contribution in [1.82, 2.24) is 74.1 Å². The van der Waals surface area contributed by atoms with Crippen LogP contribution >= 0.6 is 39.0 Å². The Labute approximate surface area is 753 Å². The highest BCUT2D eigenvalue weighted by atomic mass is 31.2. The molecular formula is C71H102N15O43P5. The number of aryl methyl sites for hydroxylation is 5. The third-order valence-corrected chi connectivity index (χ3v) is 26.4. The number of hydrogen-bond acceptors (Lipinski definition) is 37. The molecule has 4 amide bonds. The Morgan fingerprint density at radius 1 is 0.433 bits per heavy atom. The first-order chi connectivity index (χ1) is 62.5. The summed E-state index contributed by atoms with van der Waals surface area (Å²) in [4.78, 5) is 273. The van der Waals surface area contributed by atoms with Crippen LogP contribution in [0.2, 0.25) is 0 Å². The van der Waals surface area contributed by atoms with Gasteiger partial charge < -0.3 is 84.4 Å². The van der Waals surface area contributed by atoms with Gasteiger partial charge in [0.05, 0.1) is 52.2 Å². The van der Waals surface area contributed by atoms with Crippen molar-refractivity contribution >= 4 is 74.6 Å². The van der Waals surface area contributed by atoms with E-state index in [-0.39, 0.29) is 34.2 Å². The molecule has 5 aromatic heterocycles. The summed E-state index contributed by atoms with van der Waals surface area (Å²) >= 11 is 0. The molecule has 58 nitrogen and oxygen atoms in total. The number of esters is 1. The SMILES string of the molecule is CC(=O)NCC(=O)N[C@@H](CO)C(=O)O[C@H]1C[C@H](n2cc(C)c(=O)[nH]c2=O)O[C@@H]1COP(=O)(O)O[C@H]1C[C@H](n2cc(C)c(=O)[nH]c2=O)O[C@@H]1COP(=O)(O)O[C@H]1C[C@H](n2cc(C)c(=O)[nH]c2=O)O[C@@H]1COP(=O)(O)O[C@H]1C[C@H](n2cc(C)c(=O)[nH]c2=O)O[C@@H]1COP(=O)(O)O[C@H]1C[C@H](n2cc(C)c(=O)[nH]c2=O)O[C@@H]1COP(=O)(O)N[C@@H](CC(C)C)C(=O)N[C@@H](C)C(=O)N[C@H](C(=O)O)C(C)C. The van der Waals surface area contributed by atoms with Crippen molar-refractivity contribution in [3.05, 3.63) is 163 Å². The van der Waals surface area contributed by atoms with E-state index in [4.69, 9.17) is 69.1 Å². The zero-order chi connectivity index (χ0) is 99.0. The number of phosphoric ester groups is 4. The number of aromatic amines is 5. The highest BCUT2D eigenvalue weighted by molar-refractivity contribution is 7.50. The number of carboxylic acids is 1. The van der Waals surface area contributed by atoms with Gasteiger partial charge in [0.25, 0.3) is 27.8 Å². The molecule has 10 rings (SSSR count). The van der Waals surface area contributed by atoms with E-state index < -0.39 is 337 Å². The Kier molecular flexibility index (Phi) is 35.3. The number of aliphatic hydroxyl groups excluding tert-OH is 1. The molecule has 5 aromatic rings. The summed E-state index contributed by atoms with van der Waals surface area (Å²) in [6.45, 7) is 7.39. The van der Waals surface area contributed by atoms with Gasteiger partial charge in [0, 0.05) is 97.8 Å². The first-order valence-corrected chi connectivity index (χ1v) is 48.5. The molecule has 0 radical (unpaired) electrons. The van der Waals surface area contributed by atoms with E-state index in [1.54, 1.807) is 13.8 Å². The number of carboxylic acid groups (broad SMARTS) is 1. The average molecular weight is 2010 g/mol. The summed E-state index contributed by atoms with van der Waals surface area (Å²) in [5, 5.41) is 30.9. The molecule has 5 aliphatic heterocycles. The molecule has 0 bridgehead atoms. The fraction of sp³-hybridized carbons (Fsp3) is 0.634. The first kappa shape index (κ1) is 107. The van der Waals surface area contributed by atoms with Crippen LogP contribution in [0.5, 0.6) is 0 Å². The normalized spacial score (nSPS) is 26.2. The second-order valence-electron chi connectivity index (χ2n) is 32.5. The number of H-pyrrole nitrogens is 5. The van der Waals surface area contributed by atoms with Crippen LogP contribution in [-0.4, -0.2) is 249 Å². The van der Waals surface area contributed by atoms with Crippen LogP contribution in [0.15, 0.2) is 78.9 Å². The molecular weight excluding hydrogens is 1910 g/mol. The number of ether oxygens (including phenoxy) is 6. The van der Waals surface area contributed by atoms with E-state index in [1.807, 2.05) is 19.9 Å². The van der Waals surface area contributed by atoms with Crippen LogP contribution in [0.1, 0.15) is 139 Å². The lowest BCUT2D eigenvalue weighted by molar-refractivity contribution is -0.157. The lowest BCUT2D eigenvalue weighted by Crippen LogP contribution is -2.54. The second kappa shape index (κ2) is 44.3. The van der Waals surface area contributed by atoms with Crippen molar-refractivity contribution in [3.63, 3.8) is 0 Å². The maximum atomic E-state index is 14.5. The third kappa shape index (κ3) is 28.4. The number of phosphoric acid groups is 4. The molecule has 0 aliphatic carbocycles. The van der Waals surface area contributed by atoms with Gasteiger partial charge in [0.1, 0.15) is 104 Å². The van der Waals surface area contributed by atoms with Gasteiger partial charge in [-0.1, -0.05) is 27.7 Å². The minimum absolute atomic E-state index is 0.0149. The maximum absolute atomic E-state index is 14.5. The largest absolute Gasteiger partial charge is 0.480 e. The van der Waals surface area contributed by atoms with Gasteiger partial charge in [-0.3, -0.25) is 132 Å². The number of nitrogens with zero attached hydrogens (tertiary/aromatic N) is 5. The highest BCUT2D eigenvalue weighted by Gasteiger charge is 2.52. The predicted octanol–water partition coefficient (Wildman–Crippen LogP) is -3.90. The average Bonchev–Trinajstić information content (AvgIpc) is 1.92. The minimum atomic E-state index is -5.78. The molecule has 17 N–H and O–H groups in total. The van der Waals surface area contributed by atoms with Gasteiger partial charge in [-0.2, -0.15) is 0 Å². The van der Waals surface area contributed by atoms with Crippen molar-refractivity contribution in [2.75, 3.05) is 46.2 Å². The molecule has 0 spiro atoms. The zero-order valence-electron chi connectivity index (χ0n) is 73.0. The smallest absolute Gasteiger partial charge is 0.472 e. The van der Waals surface area contributed by atoms with Gasteiger partial charge in [-0.05, 0) is 59.8 Å². The Morgan fingerprint density at radius 3 is 1.00 bits per heavy atom. The first-order valence-electron chi connectivity index (χ1n) is 40.9. The summed E-state index contributed by atoms with van der Waals surface area (Å²) in [7, 11) is -28.2. The van der Waals surface area contributed by atoms with Crippen LogP contribution < -0.4 is 82.6 Å². The summed E-state index contributed by atoms with van der Waals surface area (Å²) in [5.41, 5.74) is -10.1. The van der Waals surface area contributed by atoms with Crippen molar-refractivity contribution in [3.8, 4) is 0 Å². The van der Waals surface area contributed by atoms with E-state index >= 15 is 0 Å². The summed E-state index contributed by atoms with van der Waals surface area (Å²) in [5.74, 6) is -7.25. The van der Waals surface area contributed by atoms with Gasteiger partial charge in [0.2, 0.25) is 23.6 Å². The number of amides is 4. The van der Waals surface area contributed by atoms with Crippen molar-refractivity contribution in [1.29, 1.82) is 0 Å². The van der Waals surface area contributed by atoms with Gasteiger partial charge in [-0.25, -0.2) is 61.5 Å². The summed E-state index contributed by atoms with van der Waals surface area (Å²) < 4.78 is 160. The molecule has 10 heterocycles. The summed E-state index contributed by atoms with van der Waals surface area (Å²) in [6, 6.07) is -6.19. The van der Waals surface area contributed by atoms with Crippen molar-refractivity contribution in [2.45, 2.75) is 231 Å². The zero-order valence-corrected chi connectivity index (χ0v) is 77.5. The number of carbonyl (C=O) groups excluding carboxylic acids is 5. The minimum Gasteiger partial charge on any atom is -0.480 e. The standard InChI is InChI=1S/C71H102N15O43P5/c1-30(2)12-39(64(96)73-37(10)63(95)75-57(31(3)4)65(97)98)81-130(105,106)115-25-47-42(14-53(121-47)83-20-33(6)59(91)77-68(83)101)126-132(109,110)117-27-49-44(16-55(123-49)85-22-35(8)61(93)79-70(85)103)128-134(113,114)119-29-50-45(17-56(124-50)86-23-36(9)62(94)80-71(86)104)129-133(111,112)118-28-48-43(15-54(122-48)84-21-34(7)60(92)78-69(84)102)127-131(107,108)116-26-46-41(13-52(120-46)82-19-32(5)58(90)76-67(82)100)125-66(99)40(24-87)74-51(89)18-72-38(11)88/h19-23,30-31,37,39-50,52-57,87H,12-18,24-29H2,1-11H3,(H,72,88)(H,73,96)(H,74,89)(H,75,95)(H,97,98)(H,107,108)(H,109,110)(H,111,112)(H,113,114)(H,76,90,100)(H,77,91,101)(H,78,92,102)(H,79,93,103)(H,80,94,104)(H2,81,105,106)/t37-,39-,40-,41-,42-,43-,44-,45-,46+,47+,48+,49+,50+,52+,53+,54+,55+,56+,57-/m0/s1. The molecule has 744 valence electrons. The number of hydrogen-bond donors (Lipinski definition) is 17. The van der Waals surface area contributed by atoms with Crippen LogP contribution in [-0.2, 0) is 121 Å². The maximum Gasteiger partial charge on any atom is 0.472 e. The lowest BCUT2D eigenvalue weighted by Gasteiger charge is -2.27. The lowest BCUT2D eigenvalue weighted by atomic mass is 10.0. The second-order valence-corrected chi connectivity index (χ2v) is 39.6. The Hall–Kier alpha value is -9.47. The van der Waals surface area contributed by atoms with Gasteiger partial charge >= 0.3 is 79.4 Å². The number of aromatic nitrogens is 10. The highest BCUT2D eigenvalue weighted by Crippen LogP contribution is 2.55. The molecule has 5 aliphatic rings. The Bertz CT molecular complexity index is 6100. The number of nitrogens with one attached hydrogen (secondary N) is 10. The molecule has 134 heavy (non-hydrogen) atoms. The fourth-order valence-corrected chi connectivity index (χ4v) is 19.2. The van der Waals surface area contributed by atoms with E-state index in [1.165, 1.54) is 55.4 Å². The molecule has 5 fully saturated rings. The molecule has 5 unspecified atom stereocenters. The number of aliphatic hydroxyl groups is 1. The van der Waals surface area contributed by atoms with Gasteiger partial charge in [0.15, 0.2) is 6.04 Å². The van der Waals surface area contributed by atoms with Crippen molar-refractivity contribution in [2.24, 2.45) is 11.8 Å². The van der Waals surface area contributed by atoms with E-state index in [0.29, 0.717) is 0 Å². The number of rotatable bonds is 44. The van der Waals surface area contributed by atoms with Gasteiger partial charge in [-0.15, -0.1) is 0 Å². The molecule has 0 aromatic carbocycles. The molecule has 5 saturated heterocycles.